The molecule has 6 rings (SSSR count). The minimum atomic E-state index is 1.19. The van der Waals surface area contributed by atoms with E-state index in [2.05, 4.69) is 120 Å². The van der Waals surface area contributed by atoms with Crippen molar-refractivity contribution in [2.75, 3.05) is 0 Å². The van der Waals surface area contributed by atoms with Crippen molar-refractivity contribution in [3.63, 3.8) is 0 Å². The van der Waals surface area contributed by atoms with Gasteiger partial charge >= 0.3 is 0 Å². The largest absolute Gasteiger partial charge is 0.309 e. The van der Waals surface area contributed by atoms with Crippen LogP contribution >= 0.6 is 0 Å². The van der Waals surface area contributed by atoms with E-state index < -0.39 is 0 Å². The third-order valence-electron chi connectivity index (χ3n) is 5.78. The third-order valence-corrected chi connectivity index (χ3v) is 5.78. The molecule has 0 atom stereocenters. The lowest BCUT2D eigenvalue weighted by atomic mass is 9.98. The lowest BCUT2D eigenvalue weighted by Crippen LogP contribution is -1.93. The van der Waals surface area contributed by atoms with Crippen molar-refractivity contribution in [3.8, 4) is 16.8 Å². The van der Waals surface area contributed by atoms with Gasteiger partial charge in [-0.1, -0.05) is 97.1 Å². The summed E-state index contributed by atoms with van der Waals surface area (Å²) in [5, 5.41) is 5.15. The molecule has 0 saturated heterocycles. The first kappa shape index (κ1) is 16.1. The number of fused-ring (bicyclic) bond motifs is 5. The van der Waals surface area contributed by atoms with Crippen LogP contribution < -0.4 is 0 Å². The standard InChI is InChI=1S/C28H19N/c1-3-10-20(11-4-1)23-16-9-17-26-27(23)25-19-18-21-12-7-8-15-24(21)28(25)29(26)22-13-5-2-6-14-22/h1-19H. The zero-order chi connectivity index (χ0) is 19.2. The third kappa shape index (κ3) is 2.41. The second kappa shape index (κ2) is 6.35. The Labute approximate surface area is 169 Å². The van der Waals surface area contributed by atoms with Crippen molar-refractivity contribution < 1.29 is 0 Å². The molecule has 0 aliphatic rings. The molecule has 1 heteroatoms. The van der Waals surface area contributed by atoms with Crippen LogP contribution in [-0.2, 0) is 0 Å². The van der Waals surface area contributed by atoms with Crippen LogP contribution in [0.4, 0.5) is 0 Å². The smallest absolute Gasteiger partial charge is 0.0619 e. The Bertz CT molecular complexity index is 1480. The van der Waals surface area contributed by atoms with Crippen molar-refractivity contribution in [1.82, 2.24) is 4.57 Å². The van der Waals surface area contributed by atoms with Crippen LogP contribution in [0.3, 0.4) is 0 Å². The Morgan fingerprint density at radius 3 is 2.03 bits per heavy atom. The van der Waals surface area contributed by atoms with Gasteiger partial charge in [-0.05, 0) is 34.7 Å². The molecule has 0 unspecified atom stereocenters. The van der Waals surface area contributed by atoms with Crippen LogP contribution in [-0.4, -0.2) is 4.57 Å². The number of aromatic nitrogens is 1. The predicted octanol–water partition coefficient (Wildman–Crippen LogP) is 7.60. The maximum absolute atomic E-state index is 2.42. The number of nitrogens with zero attached hydrogens (tertiary/aromatic N) is 1. The Morgan fingerprint density at radius 2 is 1.21 bits per heavy atom. The number of rotatable bonds is 2. The zero-order valence-electron chi connectivity index (χ0n) is 15.9. The van der Waals surface area contributed by atoms with Crippen LogP contribution in [0.5, 0.6) is 0 Å². The van der Waals surface area contributed by atoms with E-state index in [1.165, 1.54) is 49.4 Å². The highest BCUT2D eigenvalue weighted by Gasteiger charge is 2.17. The Hall–Kier alpha value is -3.84. The summed E-state index contributed by atoms with van der Waals surface area (Å²) < 4.78 is 2.42. The Morgan fingerprint density at radius 1 is 0.483 bits per heavy atom. The minimum absolute atomic E-state index is 1.19. The van der Waals surface area contributed by atoms with Gasteiger partial charge in [0, 0.05) is 21.8 Å². The first-order chi connectivity index (χ1) is 14.4. The monoisotopic (exact) mass is 369 g/mol. The molecule has 0 aliphatic carbocycles. The van der Waals surface area contributed by atoms with Crippen LogP contribution in [0, 0.1) is 0 Å². The summed E-state index contributed by atoms with van der Waals surface area (Å²) in [5.41, 5.74) is 6.22. The van der Waals surface area contributed by atoms with Gasteiger partial charge < -0.3 is 4.57 Å². The van der Waals surface area contributed by atoms with Gasteiger partial charge in [0.15, 0.2) is 0 Å². The van der Waals surface area contributed by atoms with Gasteiger partial charge in [-0.15, -0.1) is 0 Å². The van der Waals surface area contributed by atoms with Gasteiger partial charge in [0.1, 0.15) is 0 Å². The molecule has 29 heavy (non-hydrogen) atoms. The SMILES string of the molecule is c1ccc(-c2cccc3c2c2ccc4ccccc4c2n3-c2ccccc2)cc1. The van der Waals surface area contributed by atoms with Crippen molar-refractivity contribution in [2.24, 2.45) is 0 Å². The van der Waals surface area contributed by atoms with Gasteiger partial charge in [-0.25, -0.2) is 0 Å². The molecule has 0 aliphatic heterocycles. The number of hydrogen-bond acceptors (Lipinski definition) is 0. The highest BCUT2D eigenvalue weighted by molar-refractivity contribution is 6.22. The molecule has 0 radical (unpaired) electrons. The minimum Gasteiger partial charge on any atom is -0.309 e. The van der Waals surface area contributed by atoms with Gasteiger partial charge in [-0.3, -0.25) is 0 Å². The first-order valence-electron chi connectivity index (χ1n) is 9.97. The fourth-order valence-electron chi connectivity index (χ4n) is 4.53. The van der Waals surface area contributed by atoms with Crippen LogP contribution in [0.1, 0.15) is 0 Å². The highest BCUT2D eigenvalue weighted by atomic mass is 15.0. The van der Waals surface area contributed by atoms with Crippen molar-refractivity contribution in [1.29, 1.82) is 0 Å². The fourth-order valence-corrected chi connectivity index (χ4v) is 4.53. The Kier molecular flexibility index (Phi) is 3.54. The molecule has 6 aromatic rings. The second-order valence-corrected chi connectivity index (χ2v) is 7.42. The molecular formula is C28H19N. The summed E-state index contributed by atoms with van der Waals surface area (Å²) in [6.45, 7) is 0. The fraction of sp³-hybridized carbons (Fsp3) is 0. The van der Waals surface area contributed by atoms with Crippen LogP contribution in [0.25, 0.3) is 49.4 Å². The lowest BCUT2D eigenvalue weighted by molar-refractivity contribution is 1.19. The van der Waals surface area contributed by atoms with E-state index in [0.29, 0.717) is 0 Å². The van der Waals surface area contributed by atoms with E-state index in [9.17, 15) is 0 Å². The van der Waals surface area contributed by atoms with E-state index in [1.54, 1.807) is 0 Å². The zero-order valence-corrected chi connectivity index (χ0v) is 15.9. The molecular weight excluding hydrogens is 350 g/mol. The van der Waals surface area contributed by atoms with Gasteiger partial charge in [0.2, 0.25) is 0 Å². The van der Waals surface area contributed by atoms with Gasteiger partial charge in [0.05, 0.1) is 11.0 Å². The number of benzene rings is 5. The molecule has 0 N–H and O–H groups in total. The van der Waals surface area contributed by atoms with Gasteiger partial charge in [-0.2, -0.15) is 0 Å². The molecule has 0 amide bonds. The first-order valence-corrected chi connectivity index (χ1v) is 9.97. The molecule has 5 aromatic carbocycles. The van der Waals surface area contributed by atoms with E-state index >= 15 is 0 Å². The summed E-state index contributed by atoms with van der Waals surface area (Å²) in [6.07, 6.45) is 0. The molecule has 0 saturated carbocycles. The second-order valence-electron chi connectivity index (χ2n) is 7.42. The molecule has 1 heterocycles. The average Bonchev–Trinajstić information content (AvgIpc) is 3.15. The maximum atomic E-state index is 2.42. The molecule has 0 spiro atoms. The average molecular weight is 369 g/mol. The van der Waals surface area contributed by atoms with E-state index in [1.807, 2.05) is 0 Å². The van der Waals surface area contributed by atoms with E-state index in [4.69, 9.17) is 0 Å². The van der Waals surface area contributed by atoms with E-state index in [-0.39, 0.29) is 0 Å². The number of hydrogen-bond donors (Lipinski definition) is 0. The maximum Gasteiger partial charge on any atom is 0.0619 e. The topological polar surface area (TPSA) is 4.93 Å². The van der Waals surface area contributed by atoms with Crippen molar-refractivity contribution in [3.05, 3.63) is 115 Å². The van der Waals surface area contributed by atoms with Crippen LogP contribution in [0.2, 0.25) is 0 Å². The molecule has 0 bridgehead atoms. The lowest BCUT2D eigenvalue weighted by Gasteiger charge is -2.10. The number of para-hydroxylation sites is 1. The predicted molar refractivity (Wildman–Crippen MR) is 124 cm³/mol. The summed E-state index contributed by atoms with van der Waals surface area (Å²) in [6, 6.07) is 41.2. The molecule has 1 aromatic heterocycles. The summed E-state index contributed by atoms with van der Waals surface area (Å²) in [5.74, 6) is 0. The normalized spacial score (nSPS) is 11.4. The molecule has 0 fully saturated rings. The summed E-state index contributed by atoms with van der Waals surface area (Å²) in [7, 11) is 0. The highest BCUT2D eigenvalue weighted by Crippen LogP contribution is 2.40. The molecule has 136 valence electrons. The Balaban J connectivity index is 1.87. The van der Waals surface area contributed by atoms with E-state index in [0.717, 1.165) is 0 Å². The van der Waals surface area contributed by atoms with Gasteiger partial charge in [0.25, 0.3) is 0 Å². The summed E-state index contributed by atoms with van der Waals surface area (Å²) >= 11 is 0. The quantitative estimate of drug-likeness (QED) is 0.296. The van der Waals surface area contributed by atoms with Crippen molar-refractivity contribution in [2.45, 2.75) is 0 Å². The molecule has 1 nitrogen and oxygen atoms in total. The van der Waals surface area contributed by atoms with Crippen LogP contribution in [0.15, 0.2) is 115 Å². The van der Waals surface area contributed by atoms with Crippen molar-refractivity contribution >= 4 is 32.6 Å². The summed E-state index contributed by atoms with van der Waals surface area (Å²) in [4.78, 5) is 0.